The fraction of sp³-hybridized carbons (Fsp3) is 0.235. The number of fused-ring (bicyclic) bond motifs is 1. The van der Waals surface area contributed by atoms with Crippen LogP contribution in [0.5, 0.6) is 5.75 Å². The Morgan fingerprint density at radius 1 is 1.10 bits per heavy atom. The van der Waals surface area contributed by atoms with E-state index in [-0.39, 0.29) is 5.75 Å². The summed E-state index contributed by atoms with van der Waals surface area (Å²) in [7, 11) is 0. The van der Waals surface area contributed by atoms with Crippen LogP contribution in [0.2, 0.25) is 0 Å². The standard InChI is InChI=1S/C17H18N2O/c1-12(2)11-19-16-9-4-3-8-15(16)18-17(19)13-6-5-7-14(20)10-13/h3-10,12,20H,11H2,1-2H3. The molecule has 0 fully saturated rings. The molecule has 3 aromatic rings. The molecule has 0 aliphatic rings. The van der Waals surface area contributed by atoms with Crippen molar-refractivity contribution in [3.8, 4) is 17.1 Å². The zero-order valence-corrected chi connectivity index (χ0v) is 11.7. The average Bonchev–Trinajstić information content (AvgIpc) is 2.77. The predicted octanol–water partition coefficient (Wildman–Crippen LogP) is 4.06. The Hall–Kier alpha value is -2.29. The highest BCUT2D eigenvalue weighted by molar-refractivity contribution is 5.80. The molecule has 3 heteroatoms. The van der Waals surface area contributed by atoms with Gasteiger partial charge in [0.05, 0.1) is 11.0 Å². The Morgan fingerprint density at radius 2 is 1.90 bits per heavy atom. The van der Waals surface area contributed by atoms with Gasteiger partial charge >= 0.3 is 0 Å². The van der Waals surface area contributed by atoms with Gasteiger partial charge in [0.15, 0.2) is 0 Å². The van der Waals surface area contributed by atoms with E-state index in [0.29, 0.717) is 5.92 Å². The molecule has 0 spiro atoms. The summed E-state index contributed by atoms with van der Waals surface area (Å²) in [6.07, 6.45) is 0. The number of phenolic OH excluding ortho intramolecular Hbond substituents is 1. The first-order valence-electron chi connectivity index (χ1n) is 6.90. The molecule has 1 N–H and O–H groups in total. The second kappa shape index (κ2) is 5.00. The molecule has 0 atom stereocenters. The molecule has 0 aliphatic carbocycles. The summed E-state index contributed by atoms with van der Waals surface area (Å²) in [5.41, 5.74) is 3.08. The number of hydrogen-bond donors (Lipinski definition) is 1. The molecule has 0 saturated carbocycles. The highest BCUT2D eigenvalue weighted by Crippen LogP contribution is 2.27. The van der Waals surface area contributed by atoms with Gasteiger partial charge in [0.1, 0.15) is 11.6 Å². The van der Waals surface area contributed by atoms with Gasteiger partial charge in [0.2, 0.25) is 0 Å². The lowest BCUT2D eigenvalue weighted by Gasteiger charge is -2.12. The van der Waals surface area contributed by atoms with E-state index in [0.717, 1.165) is 29.0 Å². The summed E-state index contributed by atoms with van der Waals surface area (Å²) in [5.74, 6) is 1.71. The highest BCUT2D eigenvalue weighted by atomic mass is 16.3. The van der Waals surface area contributed by atoms with Gasteiger partial charge in [-0.3, -0.25) is 0 Å². The van der Waals surface area contributed by atoms with Crippen LogP contribution >= 0.6 is 0 Å². The first-order valence-corrected chi connectivity index (χ1v) is 6.90. The highest BCUT2D eigenvalue weighted by Gasteiger charge is 2.13. The van der Waals surface area contributed by atoms with Crippen molar-refractivity contribution in [3.63, 3.8) is 0 Å². The van der Waals surface area contributed by atoms with Gasteiger partial charge in [0, 0.05) is 12.1 Å². The number of rotatable bonds is 3. The van der Waals surface area contributed by atoms with Crippen molar-refractivity contribution in [2.24, 2.45) is 5.92 Å². The zero-order chi connectivity index (χ0) is 14.1. The van der Waals surface area contributed by atoms with Crippen molar-refractivity contribution >= 4 is 11.0 Å². The first kappa shape index (κ1) is 12.7. The van der Waals surface area contributed by atoms with Gasteiger partial charge in [-0.1, -0.05) is 38.1 Å². The second-order valence-electron chi connectivity index (χ2n) is 5.48. The van der Waals surface area contributed by atoms with E-state index >= 15 is 0 Å². The lowest BCUT2D eigenvalue weighted by molar-refractivity contribution is 0.475. The SMILES string of the molecule is CC(C)Cn1c(-c2cccc(O)c2)nc2ccccc21. The van der Waals surface area contributed by atoms with Crippen LogP contribution in [0.25, 0.3) is 22.4 Å². The number of para-hydroxylation sites is 2. The monoisotopic (exact) mass is 266 g/mol. The van der Waals surface area contributed by atoms with Crippen LogP contribution in [0, 0.1) is 5.92 Å². The summed E-state index contributed by atoms with van der Waals surface area (Å²) in [6.45, 7) is 5.30. The van der Waals surface area contributed by atoms with Crippen LogP contribution in [0.1, 0.15) is 13.8 Å². The fourth-order valence-electron chi connectivity index (χ4n) is 2.49. The summed E-state index contributed by atoms with van der Waals surface area (Å²) in [4.78, 5) is 4.73. The topological polar surface area (TPSA) is 38.0 Å². The molecular weight excluding hydrogens is 248 g/mol. The maximum atomic E-state index is 9.68. The quantitative estimate of drug-likeness (QED) is 0.776. The molecule has 0 aliphatic heterocycles. The van der Waals surface area contributed by atoms with Gasteiger partial charge in [-0.2, -0.15) is 0 Å². The number of phenols is 1. The lowest BCUT2D eigenvalue weighted by Crippen LogP contribution is -2.06. The number of imidazole rings is 1. The molecule has 3 nitrogen and oxygen atoms in total. The van der Waals surface area contributed by atoms with Crippen LogP contribution in [-0.4, -0.2) is 14.7 Å². The van der Waals surface area contributed by atoms with Crippen molar-refractivity contribution in [2.45, 2.75) is 20.4 Å². The Kier molecular flexibility index (Phi) is 3.18. The molecule has 1 aromatic heterocycles. The van der Waals surface area contributed by atoms with E-state index in [1.807, 2.05) is 30.3 Å². The fourth-order valence-corrected chi connectivity index (χ4v) is 2.49. The maximum absolute atomic E-state index is 9.68. The molecule has 3 rings (SSSR count). The van der Waals surface area contributed by atoms with E-state index < -0.39 is 0 Å². The molecular formula is C17H18N2O. The molecule has 0 saturated heterocycles. The first-order chi connectivity index (χ1) is 9.65. The van der Waals surface area contributed by atoms with Crippen molar-refractivity contribution < 1.29 is 5.11 Å². The van der Waals surface area contributed by atoms with Crippen LogP contribution < -0.4 is 0 Å². The van der Waals surface area contributed by atoms with Gasteiger partial charge in [0.25, 0.3) is 0 Å². The average molecular weight is 266 g/mol. The number of hydrogen-bond acceptors (Lipinski definition) is 2. The van der Waals surface area contributed by atoms with Crippen LogP contribution in [0.3, 0.4) is 0 Å². The minimum absolute atomic E-state index is 0.269. The van der Waals surface area contributed by atoms with E-state index in [1.165, 1.54) is 0 Å². The van der Waals surface area contributed by atoms with Gasteiger partial charge in [-0.05, 0) is 30.2 Å². The molecule has 0 radical (unpaired) electrons. The summed E-state index contributed by atoms with van der Waals surface area (Å²) in [5, 5.41) is 9.68. The van der Waals surface area contributed by atoms with Crippen molar-refractivity contribution in [1.29, 1.82) is 0 Å². The third-order valence-corrected chi connectivity index (χ3v) is 3.31. The predicted molar refractivity (Wildman–Crippen MR) is 81.7 cm³/mol. The van der Waals surface area contributed by atoms with Crippen LogP contribution in [0.15, 0.2) is 48.5 Å². The summed E-state index contributed by atoms with van der Waals surface area (Å²) in [6, 6.07) is 15.4. The number of nitrogens with zero attached hydrogens (tertiary/aromatic N) is 2. The van der Waals surface area contributed by atoms with Crippen molar-refractivity contribution in [1.82, 2.24) is 9.55 Å². The molecule has 0 amide bonds. The van der Waals surface area contributed by atoms with Crippen molar-refractivity contribution in [3.05, 3.63) is 48.5 Å². The molecule has 1 heterocycles. The van der Waals surface area contributed by atoms with Gasteiger partial charge < -0.3 is 9.67 Å². The summed E-state index contributed by atoms with van der Waals surface area (Å²) >= 11 is 0. The smallest absolute Gasteiger partial charge is 0.141 e. The van der Waals surface area contributed by atoms with Crippen LogP contribution in [-0.2, 0) is 6.54 Å². The number of benzene rings is 2. The normalized spacial score (nSPS) is 11.3. The lowest BCUT2D eigenvalue weighted by atomic mass is 10.1. The van der Waals surface area contributed by atoms with Crippen molar-refractivity contribution in [2.75, 3.05) is 0 Å². The van der Waals surface area contributed by atoms with E-state index in [4.69, 9.17) is 4.98 Å². The van der Waals surface area contributed by atoms with Crippen LogP contribution in [0.4, 0.5) is 0 Å². The number of aromatic hydroxyl groups is 1. The summed E-state index contributed by atoms with van der Waals surface area (Å²) < 4.78 is 2.23. The number of aromatic nitrogens is 2. The van der Waals surface area contributed by atoms with E-state index in [9.17, 15) is 5.11 Å². The Labute approximate surface area is 118 Å². The van der Waals surface area contributed by atoms with Gasteiger partial charge in [-0.25, -0.2) is 4.98 Å². The third kappa shape index (κ3) is 2.27. The molecule has 2 aromatic carbocycles. The minimum atomic E-state index is 0.269. The van der Waals surface area contributed by atoms with Gasteiger partial charge in [-0.15, -0.1) is 0 Å². The Balaban J connectivity index is 2.23. The minimum Gasteiger partial charge on any atom is -0.508 e. The molecule has 20 heavy (non-hydrogen) atoms. The molecule has 102 valence electrons. The largest absolute Gasteiger partial charge is 0.508 e. The third-order valence-electron chi connectivity index (χ3n) is 3.31. The Bertz CT molecular complexity index is 744. The zero-order valence-electron chi connectivity index (χ0n) is 11.7. The molecule has 0 bridgehead atoms. The maximum Gasteiger partial charge on any atom is 0.141 e. The second-order valence-corrected chi connectivity index (χ2v) is 5.48. The molecule has 0 unspecified atom stereocenters. The Morgan fingerprint density at radius 3 is 2.65 bits per heavy atom. The van der Waals surface area contributed by atoms with E-state index in [1.54, 1.807) is 12.1 Å². The van der Waals surface area contributed by atoms with E-state index in [2.05, 4.69) is 24.5 Å².